The van der Waals surface area contributed by atoms with E-state index in [0.29, 0.717) is 24.2 Å². The smallest absolute Gasteiger partial charge is 0.341 e. The number of halogens is 1. The molecule has 47 heavy (non-hydrogen) atoms. The molecule has 1 amide bonds. The van der Waals surface area contributed by atoms with Gasteiger partial charge in [-0.2, -0.15) is 0 Å². The molecule has 2 aromatic carbocycles. The van der Waals surface area contributed by atoms with Crippen molar-refractivity contribution in [3.8, 4) is 17.2 Å². The van der Waals surface area contributed by atoms with E-state index in [4.69, 9.17) is 28.8 Å². The summed E-state index contributed by atoms with van der Waals surface area (Å²) in [7, 11) is 2.81. The Morgan fingerprint density at radius 3 is 2.45 bits per heavy atom. The zero-order valence-corrected chi connectivity index (χ0v) is 26.9. The fourth-order valence-corrected chi connectivity index (χ4v) is 5.05. The summed E-state index contributed by atoms with van der Waals surface area (Å²) >= 11 is 0. The van der Waals surface area contributed by atoms with Crippen molar-refractivity contribution >= 4 is 29.6 Å². The molecule has 1 N–H and O–H groups in total. The van der Waals surface area contributed by atoms with Crippen LogP contribution in [0.2, 0.25) is 0 Å². The number of nitrogens with zero attached hydrogens (tertiary/aromatic N) is 1. The fraction of sp³-hybridized carbons (Fsp3) is 0.441. The highest BCUT2D eigenvalue weighted by Gasteiger charge is 2.42. The van der Waals surface area contributed by atoms with E-state index in [1.807, 2.05) is 0 Å². The first-order valence-electron chi connectivity index (χ1n) is 15.0. The summed E-state index contributed by atoms with van der Waals surface area (Å²) in [5, 5.41) is 9.03. The van der Waals surface area contributed by atoms with E-state index >= 15 is 4.39 Å². The Morgan fingerprint density at radius 1 is 1.09 bits per heavy atom. The molecule has 0 radical (unpaired) electrons. The van der Waals surface area contributed by atoms with Crippen LogP contribution in [0.5, 0.6) is 17.2 Å². The Morgan fingerprint density at radius 2 is 1.79 bits per heavy atom. The molecule has 0 aromatic heterocycles. The molecule has 2 atom stereocenters. The Kier molecular flexibility index (Phi) is 12.9. The third-order valence-electron chi connectivity index (χ3n) is 7.67. The lowest BCUT2D eigenvalue weighted by atomic mass is 9.87. The van der Waals surface area contributed by atoms with Gasteiger partial charge in [-0.25, -0.2) is 18.8 Å². The minimum Gasteiger partial charge on any atom is -0.493 e. The van der Waals surface area contributed by atoms with Crippen molar-refractivity contribution in [3.05, 3.63) is 66.0 Å². The maximum absolute atomic E-state index is 15.0. The van der Waals surface area contributed by atoms with E-state index in [0.717, 1.165) is 6.08 Å². The van der Waals surface area contributed by atoms with Crippen molar-refractivity contribution < 1.29 is 57.2 Å². The van der Waals surface area contributed by atoms with Gasteiger partial charge in [-0.1, -0.05) is 18.7 Å². The van der Waals surface area contributed by atoms with Crippen molar-refractivity contribution in [1.29, 1.82) is 0 Å². The number of ether oxygens (including phenoxy) is 5. The molecule has 3 rings (SSSR count). The lowest BCUT2D eigenvalue weighted by molar-refractivity contribution is -0.165. The minimum absolute atomic E-state index is 0.0851. The maximum Gasteiger partial charge on any atom is 0.341 e. The van der Waals surface area contributed by atoms with Gasteiger partial charge in [-0.05, 0) is 75.3 Å². The number of hydrogen-bond acceptors (Lipinski definition) is 10. The van der Waals surface area contributed by atoms with E-state index < -0.39 is 59.6 Å². The van der Waals surface area contributed by atoms with Gasteiger partial charge in [-0.3, -0.25) is 9.59 Å². The zero-order valence-electron chi connectivity index (χ0n) is 26.9. The molecule has 1 saturated heterocycles. The largest absolute Gasteiger partial charge is 0.493 e. The highest BCUT2D eigenvalue weighted by Crippen LogP contribution is 2.34. The van der Waals surface area contributed by atoms with Gasteiger partial charge in [0.2, 0.25) is 5.78 Å². The van der Waals surface area contributed by atoms with Crippen LogP contribution < -0.4 is 14.2 Å². The SMILES string of the molecule is C=CC(=O)OCC(C)(C)C(=O)C(=O)N1CCCC[C@H]1C(=O)O[C@H](CCc1cc(OC)c(OC)cc1F)c1cccc(OCC(=O)O)c1. The Hall–Kier alpha value is -4.94. The quantitative estimate of drug-likeness (QED) is 0.157. The lowest BCUT2D eigenvalue weighted by Gasteiger charge is -2.36. The molecule has 2 aromatic rings. The molecule has 1 aliphatic heterocycles. The first-order valence-corrected chi connectivity index (χ1v) is 15.0. The normalized spacial score (nSPS) is 15.2. The average molecular weight is 658 g/mol. The molecule has 254 valence electrons. The van der Waals surface area contributed by atoms with E-state index in [2.05, 4.69) is 6.58 Å². The second kappa shape index (κ2) is 16.6. The van der Waals surface area contributed by atoms with Gasteiger partial charge in [-0.15, -0.1) is 0 Å². The number of amides is 1. The highest BCUT2D eigenvalue weighted by molar-refractivity contribution is 6.38. The topological polar surface area (TPSA) is 155 Å². The maximum atomic E-state index is 15.0. The molecule has 0 bridgehead atoms. The summed E-state index contributed by atoms with van der Waals surface area (Å²) in [6, 6.07) is 7.90. The number of Topliss-reactive ketones (excluding diaryl/α,β-unsaturated/α-hetero) is 1. The number of carboxylic acids is 1. The Balaban J connectivity index is 1.88. The number of piperidine rings is 1. The minimum atomic E-state index is -1.37. The Bertz CT molecular complexity index is 1490. The number of carbonyl (C=O) groups is 5. The number of likely N-dealkylation sites (tertiary alicyclic amines) is 1. The van der Waals surface area contributed by atoms with Crippen LogP contribution in [0.25, 0.3) is 0 Å². The van der Waals surface area contributed by atoms with Gasteiger partial charge in [0, 0.05) is 18.7 Å². The van der Waals surface area contributed by atoms with E-state index in [-0.39, 0.29) is 49.5 Å². The van der Waals surface area contributed by atoms with Crippen LogP contribution >= 0.6 is 0 Å². The van der Waals surface area contributed by atoms with Crippen LogP contribution in [0, 0.1) is 11.2 Å². The second-order valence-electron chi connectivity index (χ2n) is 11.6. The van der Waals surface area contributed by atoms with Crippen molar-refractivity contribution in [3.63, 3.8) is 0 Å². The third kappa shape index (κ3) is 9.77. The molecule has 0 spiro atoms. The summed E-state index contributed by atoms with van der Waals surface area (Å²) in [6.45, 7) is 5.41. The third-order valence-corrected chi connectivity index (χ3v) is 7.67. The van der Waals surface area contributed by atoms with Crippen molar-refractivity contribution in [2.75, 3.05) is 34.0 Å². The molecule has 13 heteroatoms. The number of aryl methyl sites for hydroxylation is 1. The summed E-state index contributed by atoms with van der Waals surface area (Å²) in [5.41, 5.74) is -0.664. The number of rotatable bonds is 16. The lowest BCUT2D eigenvalue weighted by Crippen LogP contribution is -2.53. The van der Waals surface area contributed by atoms with Gasteiger partial charge in [0.1, 0.15) is 30.3 Å². The second-order valence-corrected chi connectivity index (χ2v) is 11.6. The predicted octanol–water partition coefficient (Wildman–Crippen LogP) is 4.23. The van der Waals surface area contributed by atoms with Crippen LogP contribution in [0.4, 0.5) is 4.39 Å². The molecule has 0 saturated carbocycles. The summed E-state index contributed by atoms with van der Waals surface area (Å²) < 4.78 is 41.8. The summed E-state index contributed by atoms with van der Waals surface area (Å²) in [4.78, 5) is 64.2. The highest BCUT2D eigenvalue weighted by atomic mass is 19.1. The number of carboxylic acid groups (broad SMARTS) is 1. The van der Waals surface area contributed by atoms with E-state index in [9.17, 15) is 24.0 Å². The van der Waals surface area contributed by atoms with Crippen molar-refractivity contribution in [2.24, 2.45) is 5.41 Å². The van der Waals surface area contributed by atoms with E-state index in [1.165, 1.54) is 51.2 Å². The van der Waals surface area contributed by atoms with Crippen LogP contribution in [0.1, 0.15) is 56.8 Å². The molecule has 0 unspecified atom stereocenters. The number of carbonyl (C=O) groups excluding carboxylic acids is 4. The van der Waals surface area contributed by atoms with Crippen LogP contribution in [0.3, 0.4) is 0 Å². The molecular weight excluding hydrogens is 617 g/mol. The number of hydrogen-bond donors (Lipinski definition) is 1. The molecule has 1 heterocycles. The molecule has 0 aliphatic carbocycles. The molecule has 1 aliphatic rings. The molecule has 1 fully saturated rings. The standard InChI is InChI=1S/C34H40FNO11/c1-6-30(39)46-20-34(2,3)31(40)32(41)36-15-8-7-12-25(36)33(42)47-26(22-10-9-11-23(16-22)45-19-29(37)38)14-13-21-17-27(43-4)28(44-5)18-24(21)35/h6,9-11,16-18,25-26H,1,7-8,12-15,19-20H2,2-5H3,(H,37,38)/t25-,26+/m0/s1. The van der Waals surface area contributed by atoms with E-state index in [1.54, 1.807) is 18.2 Å². The van der Waals surface area contributed by atoms with Crippen LogP contribution in [-0.4, -0.2) is 79.6 Å². The molecular formula is C34H40FNO11. The van der Waals surface area contributed by atoms with Gasteiger partial charge in [0.15, 0.2) is 18.1 Å². The fourth-order valence-electron chi connectivity index (χ4n) is 5.05. The van der Waals surface area contributed by atoms with Crippen molar-refractivity contribution in [1.82, 2.24) is 4.90 Å². The average Bonchev–Trinajstić information content (AvgIpc) is 3.07. The Labute approximate surface area is 272 Å². The van der Waals surface area contributed by atoms with Crippen LogP contribution in [0.15, 0.2) is 49.1 Å². The van der Waals surface area contributed by atoms with Crippen LogP contribution in [-0.2, 0) is 39.9 Å². The van der Waals surface area contributed by atoms with Gasteiger partial charge >= 0.3 is 17.9 Å². The van der Waals surface area contributed by atoms with Gasteiger partial charge in [0.25, 0.3) is 5.91 Å². The van der Waals surface area contributed by atoms with Crippen molar-refractivity contribution in [2.45, 2.75) is 58.1 Å². The zero-order chi connectivity index (χ0) is 34.7. The summed E-state index contributed by atoms with van der Waals surface area (Å²) in [6.07, 6.45) is 1.53. The number of ketones is 1. The van der Waals surface area contributed by atoms with Gasteiger partial charge in [0.05, 0.1) is 19.6 Å². The number of methoxy groups -OCH3 is 2. The summed E-state index contributed by atoms with van der Waals surface area (Å²) in [5.74, 6) is -4.26. The first kappa shape index (κ1) is 36.5. The van der Waals surface area contributed by atoms with Gasteiger partial charge < -0.3 is 33.7 Å². The number of aliphatic carboxylic acids is 1. The predicted molar refractivity (Wildman–Crippen MR) is 166 cm³/mol. The molecule has 12 nitrogen and oxygen atoms in total. The number of esters is 2. The monoisotopic (exact) mass is 657 g/mol. The first-order chi connectivity index (χ1) is 22.3. The number of benzene rings is 2.